The third-order valence-electron chi connectivity index (χ3n) is 2.02. The van der Waals surface area contributed by atoms with Gasteiger partial charge in [0.1, 0.15) is 0 Å². The average molecular weight is 214 g/mol. The van der Waals surface area contributed by atoms with Gasteiger partial charge in [-0.3, -0.25) is 19.8 Å². The van der Waals surface area contributed by atoms with Crippen molar-refractivity contribution in [3.63, 3.8) is 0 Å². The predicted octanol–water partition coefficient (Wildman–Crippen LogP) is -0.383. The van der Waals surface area contributed by atoms with Gasteiger partial charge in [-0.2, -0.15) is 0 Å². The summed E-state index contributed by atoms with van der Waals surface area (Å²) in [6.07, 6.45) is 0. The molecular weight excluding hydrogens is 196 g/mol. The first-order chi connectivity index (χ1) is 7.08. The highest BCUT2D eigenvalue weighted by molar-refractivity contribution is 5.99. The molecule has 0 unspecified atom stereocenters. The SMILES string of the molecule is CC(C)COCCN1CC(=O)NC(=O)C1. The molecule has 15 heavy (non-hydrogen) atoms. The van der Waals surface area contributed by atoms with E-state index in [9.17, 15) is 9.59 Å². The summed E-state index contributed by atoms with van der Waals surface area (Å²) in [6, 6.07) is 0. The first-order valence-electron chi connectivity index (χ1n) is 5.20. The molecule has 1 saturated heterocycles. The second-order valence-corrected chi connectivity index (χ2v) is 4.15. The molecule has 1 aliphatic rings. The van der Waals surface area contributed by atoms with E-state index in [-0.39, 0.29) is 24.9 Å². The third kappa shape index (κ3) is 4.90. The zero-order chi connectivity index (χ0) is 11.3. The van der Waals surface area contributed by atoms with Crippen LogP contribution in [0.15, 0.2) is 0 Å². The monoisotopic (exact) mass is 214 g/mol. The molecule has 0 aliphatic carbocycles. The number of hydrogen-bond acceptors (Lipinski definition) is 4. The van der Waals surface area contributed by atoms with E-state index in [1.807, 2.05) is 0 Å². The normalized spacial score (nSPS) is 18.3. The highest BCUT2D eigenvalue weighted by Crippen LogP contribution is 1.96. The molecule has 0 atom stereocenters. The molecule has 1 rings (SSSR count). The number of carbonyl (C=O) groups excluding carboxylic acids is 2. The van der Waals surface area contributed by atoms with Gasteiger partial charge in [-0.05, 0) is 5.92 Å². The highest BCUT2D eigenvalue weighted by Gasteiger charge is 2.21. The van der Waals surface area contributed by atoms with E-state index in [0.29, 0.717) is 25.7 Å². The van der Waals surface area contributed by atoms with Crippen LogP contribution in [0, 0.1) is 5.92 Å². The number of imide groups is 1. The van der Waals surface area contributed by atoms with Crippen LogP contribution in [0.1, 0.15) is 13.8 Å². The van der Waals surface area contributed by atoms with Gasteiger partial charge in [-0.25, -0.2) is 0 Å². The second-order valence-electron chi connectivity index (χ2n) is 4.15. The summed E-state index contributed by atoms with van der Waals surface area (Å²) in [4.78, 5) is 23.8. The van der Waals surface area contributed by atoms with Crippen LogP contribution < -0.4 is 5.32 Å². The van der Waals surface area contributed by atoms with E-state index in [2.05, 4.69) is 19.2 Å². The predicted molar refractivity (Wildman–Crippen MR) is 55.2 cm³/mol. The summed E-state index contributed by atoms with van der Waals surface area (Å²) < 4.78 is 5.38. The highest BCUT2D eigenvalue weighted by atomic mass is 16.5. The minimum absolute atomic E-state index is 0.227. The molecule has 0 spiro atoms. The minimum Gasteiger partial charge on any atom is -0.380 e. The molecule has 1 heterocycles. The zero-order valence-electron chi connectivity index (χ0n) is 9.28. The van der Waals surface area contributed by atoms with Crippen LogP contribution in [0.2, 0.25) is 0 Å². The van der Waals surface area contributed by atoms with Gasteiger partial charge in [-0.15, -0.1) is 0 Å². The molecule has 5 nitrogen and oxygen atoms in total. The van der Waals surface area contributed by atoms with Gasteiger partial charge in [0.25, 0.3) is 0 Å². The van der Waals surface area contributed by atoms with Crippen LogP contribution in [-0.4, -0.2) is 49.6 Å². The molecule has 0 radical (unpaired) electrons. The van der Waals surface area contributed by atoms with Gasteiger partial charge in [0.2, 0.25) is 11.8 Å². The number of rotatable bonds is 5. The zero-order valence-corrected chi connectivity index (χ0v) is 9.28. The van der Waals surface area contributed by atoms with Crippen molar-refractivity contribution in [2.24, 2.45) is 5.92 Å². The lowest BCUT2D eigenvalue weighted by atomic mass is 10.2. The topological polar surface area (TPSA) is 58.6 Å². The van der Waals surface area contributed by atoms with E-state index in [1.165, 1.54) is 0 Å². The van der Waals surface area contributed by atoms with E-state index in [0.717, 1.165) is 0 Å². The first kappa shape index (κ1) is 12.1. The second kappa shape index (κ2) is 5.82. The van der Waals surface area contributed by atoms with Crippen LogP contribution in [0.4, 0.5) is 0 Å². The number of amides is 2. The Morgan fingerprint density at radius 3 is 2.47 bits per heavy atom. The lowest BCUT2D eigenvalue weighted by Gasteiger charge is -2.24. The maximum absolute atomic E-state index is 11.0. The summed E-state index contributed by atoms with van der Waals surface area (Å²) >= 11 is 0. The van der Waals surface area contributed by atoms with Crippen molar-refractivity contribution in [3.8, 4) is 0 Å². The number of nitrogens with zero attached hydrogens (tertiary/aromatic N) is 1. The lowest BCUT2D eigenvalue weighted by molar-refractivity contribution is -0.136. The van der Waals surface area contributed by atoms with E-state index in [1.54, 1.807) is 4.90 Å². The largest absolute Gasteiger partial charge is 0.380 e. The fourth-order valence-electron chi connectivity index (χ4n) is 1.37. The Bertz CT molecular complexity index is 225. The molecule has 1 aliphatic heterocycles. The van der Waals surface area contributed by atoms with Crippen molar-refractivity contribution in [1.29, 1.82) is 0 Å². The number of ether oxygens (including phenoxy) is 1. The minimum atomic E-state index is -0.227. The van der Waals surface area contributed by atoms with E-state index in [4.69, 9.17) is 4.74 Å². The quantitative estimate of drug-likeness (QED) is 0.500. The smallest absolute Gasteiger partial charge is 0.240 e. The maximum Gasteiger partial charge on any atom is 0.240 e. The third-order valence-corrected chi connectivity index (χ3v) is 2.02. The Labute approximate surface area is 89.8 Å². The molecule has 0 bridgehead atoms. The Hall–Kier alpha value is -0.940. The van der Waals surface area contributed by atoms with Crippen molar-refractivity contribution in [3.05, 3.63) is 0 Å². The van der Waals surface area contributed by atoms with Gasteiger partial charge in [0.15, 0.2) is 0 Å². The molecule has 0 aromatic heterocycles. The molecule has 1 N–H and O–H groups in total. The maximum atomic E-state index is 11.0. The average Bonchev–Trinajstić information content (AvgIpc) is 2.10. The Kier molecular flexibility index (Phi) is 4.71. The van der Waals surface area contributed by atoms with Gasteiger partial charge in [-0.1, -0.05) is 13.8 Å². The van der Waals surface area contributed by atoms with Gasteiger partial charge in [0.05, 0.1) is 19.7 Å². The summed E-state index contributed by atoms with van der Waals surface area (Å²) in [5.74, 6) is 0.0569. The van der Waals surface area contributed by atoms with Crippen LogP contribution in [0.25, 0.3) is 0 Å². The molecule has 0 saturated carbocycles. The molecule has 2 amide bonds. The molecular formula is C10H18N2O3. The molecule has 5 heteroatoms. The summed E-state index contributed by atoms with van der Waals surface area (Å²) in [5.41, 5.74) is 0. The van der Waals surface area contributed by atoms with E-state index >= 15 is 0 Å². The summed E-state index contributed by atoms with van der Waals surface area (Å²) in [5, 5.41) is 2.26. The van der Waals surface area contributed by atoms with Gasteiger partial charge in [0, 0.05) is 13.2 Å². The summed E-state index contributed by atoms with van der Waals surface area (Å²) in [7, 11) is 0. The van der Waals surface area contributed by atoms with Crippen molar-refractivity contribution in [1.82, 2.24) is 10.2 Å². The van der Waals surface area contributed by atoms with Crippen LogP contribution in [0.5, 0.6) is 0 Å². The molecule has 0 aromatic rings. The number of hydrogen-bond donors (Lipinski definition) is 1. The van der Waals surface area contributed by atoms with Crippen LogP contribution in [-0.2, 0) is 14.3 Å². The number of piperazine rings is 1. The van der Waals surface area contributed by atoms with Gasteiger partial charge < -0.3 is 4.74 Å². The standard InChI is InChI=1S/C10H18N2O3/c1-8(2)7-15-4-3-12-5-9(13)11-10(14)6-12/h8H,3-7H2,1-2H3,(H,11,13,14). The fourth-order valence-corrected chi connectivity index (χ4v) is 1.37. The lowest BCUT2D eigenvalue weighted by Crippen LogP contribution is -2.52. The van der Waals surface area contributed by atoms with Crippen molar-refractivity contribution in [2.45, 2.75) is 13.8 Å². The molecule has 0 aromatic carbocycles. The van der Waals surface area contributed by atoms with Crippen LogP contribution in [0.3, 0.4) is 0 Å². The van der Waals surface area contributed by atoms with Crippen molar-refractivity contribution >= 4 is 11.8 Å². The van der Waals surface area contributed by atoms with Gasteiger partial charge >= 0.3 is 0 Å². The first-order valence-corrected chi connectivity index (χ1v) is 5.20. The number of carbonyl (C=O) groups is 2. The summed E-state index contributed by atoms with van der Waals surface area (Å²) in [6.45, 7) is 6.65. The Morgan fingerprint density at radius 1 is 1.33 bits per heavy atom. The van der Waals surface area contributed by atoms with Crippen molar-refractivity contribution < 1.29 is 14.3 Å². The Morgan fingerprint density at radius 2 is 1.93 bits per heavy atom. The fraction of sp³-hybridized carbons (Fsp3) is 0.800. The van der Waals surface area contributed by atoms with E-state index < -0.39 is 0 Å². The van der Waals surface area contributed by atoms with Crippen LogP contribution >= 0.6 is 0 Å². The van der Waals surface area contributed by atoms with Crippen molar-refractivity contribution in [2.75, 3.05) is 32.8 Å². The molecule has 86 valence electrons. The number of nitrogens with one attached hydrogen (secondary N) is 1. The molecule has 1 fully saturated rings. The Balaban J connectivity index is 2.15.